The Bertz CT molecular complexity index is 663. The number of amides is 1. The molecule has 2 heterocycles. The third-order valence-corrected chi connectivity index (χ3v) is 3.53. The molecule has 2 aromatic rings. The first-order valence-corrected chi connectivity index (χ1v) is 6.53. The van der Waals surface area contributed by atoms with Crippen molar-refractivity contribution in [2.24, 2.45) is 0 Å². The number of methoxy groups -OCH3 is 1. The number of hydrogen-bond donors (Lipinski definition) is 0. The molecule has 7 heteroatoms. The Labute approximate surface area is 121 Å². The van der Waals surface area contributed by atoms with Gasteiger partial charge in [0, 0.05) is 19.3 Å². The number of benzene rings is 1. The van der Waals surface area contributed by atoms with Gasteiger partial charge in [-0.15, -0.1) is 5.10 Å². The summed E-state index contributed by atoms with van der Waals surface area (Å²) in [6.07, 6.45) is 3.38. The van der Waals surface area contributed by atoms with Crippen molar-refractivity contribution in [1.29, 1.82) is 0 Å². The van der Waals surface area contributed by atoms with Crippen LogP contribution in [0.15, 0.2) is 36.7 Å². The van der Waals surface area contributed by atoms with Gasteiger partial charge in [0.05, 0.1) is 30.5 Å². The van der Waals surface area contributed by atoms with Gasteiger partial charge in [0.1, 0.15) is 0 Å². The van der Waals surface area contributed by atoms with E-state index < -0.39 is 5.97 Å². The van der Waals surface area contributed by atoms with Gasteiger partial charge in [-0.3, -0.25) is 4.79 Å². The van der Waals surface area contributed by atoms with Crippen LogP contribution in [0.1, 0.15) is 26.8 Å². The lowest BCUT2D eigenvalue weighted by atomic mass is 10.0. The van der Waals surface area contributed by atoms with E-state index in [-0.39, 0.29) is 17.5 Å². The maximum Gasteiger partial charge on any atom is 0.338 e. The molecule has 0 atom stereocenters. The zero-order chi connectivity index (χ0) is 14.8. The lowest BCUT2D eigenvalue weighted by Crippen LogP contribution is -2.51. The summed E-state index contributed by atoms with van der Waals surface area (Å²) in [6.45, 7) is 1.11. The highest BCUT2D eigenvalue weighted by Gasteiger charge is 2.34. The Morgan fingerprint density at radius 1 is 1.24 bits per heavy atom. The van der Waals surface area contributed by atoms with Crippen molar-refractivity contribution in [3.05, 3.63) is 47.8 Å². The van der Waals surface area contributed by atoms with Crippen LogP contribution < -0.4 is 0 Å². The predicted molar refractivity (Wildman–Crippen MR) is 72.7 cm³/mol. The van der Waals surface area contributed by atoms with E-state index >= 15 is 0 Å². The van der Waals surface area contributed by atoms with Crippen molar-refractivity contribution in [3.63, 3.8) is 0 Å². The molecule has 1 aromatic heterocycles. The first kappa shape index (κ1) is 13.3. The van der Waals surface area contributed by atoms with Crippen LogP contribution >= 0.6 is 0 Å². The summed E-state index contributed by atoms with van der Waals surface area (Å²) in [5.74, 6) is -0.681. The normalized spacial score (nSPS) is 14.6. The third-order valence-electron chi connectivity index (χ3n) is 3.53. The molecule has 0 unspecified atom stereocenters. The molecule has 1 saturated heterocycles. The Morgan fingerprint density at radius 3 is 2.57 bits per heavy atom. The first-order chi connectivity index (χ1) is 10.2. The van der Waals surface area contributed by atoms with Crippen molar-refractivity contribution >= 4 is 11.9 Å². The minimum Gasteiger partial charge on any atom is -0.465 e. The molecule has 21 heavy (non-hydrogen) atoms. The molecular formula is C14H14N4O3. The van der Waals surface area contributed by atoms with Crippen LogP contribution in [0, 0.1) is 0 Å². The topological polar surface area (TPSA) is 77.3 Å². The second kappa shape index (κ2) is 5.35. The zero-order valence-electron chi connectivity index (χ0n) is 11.5. The smallest absolute Gasteiger partial charge is 0.338 e. The zero-order valence-corrected chi connectivity index (χ0v) is 11.5. The number of ether oxygens (including phenoxy) is 1. The van der Waals surface area contributed by atoms with E-state index in [0.29, 0.717) is 18.7 Å². The molecule has 1 aliphatic heterocycles. The number of aromatic nitrogens is 3. The third kappa shape index (κ3) is 2.37. The number of esters is 1. The monoisotopic (exact) mass is 286 g/mol. The Kier molecular flexibility index (Phi) is 3.39. The number of nitrogens with zero attached hydrogens (tertiary/aromatic N) is 4. The molecule has 1 aliphatic rings. The van der Waals surface area contributed by atoms with E-state index in [4.69, 9.17) is 4.74 Å². The summed E-state index contributed by atoms with van der Waals surface area (Å²) in [4.78, 5) is 25.8. The summed E-state index contributed by atoms with van der Waals surface area (Å²) < 4.78 is 6.44. The number of carbonyl (C=O) groups excluding carboxylic acids is 2. The van der Waals surface area contributed by atoms with E-state index in [1.807, 2.05) is 0 Å². The SMILES string of the molecule is COC(=O)c1ccccc1C(=O)N1CC(n2ccnn2)C1. The maximum atomic E-state index is 12.5. The molecule has 0 spiro atoms. The van der Waals surface area contributed by atoms with E-state index in [0.717, 1.165) is 0 Å². The minimum absolute atomic E-state index is 0.140. The molecule has 0 bridgehead atoms. The van der Waals surface area contributed by atoms with Gasteiger partial charge >= 0.3 is 5.97 Å². The molecule has 0 aliphatic carbocycles. The van der Waals surface area contributed by atoms with Crippen LogP contribution in [0.3, 0.4) is 0 Å². The van der Waals surface area contributed by atoms with Gasteiger partial charge in [-0.25, -0.2) is 9.48 Å². The highest BCUT2D eigenvalue weighted by molar-refractivity contribution is 6.05. The quantitative estimate of drug-likeness (QED) is 0.779. The molecule has 108 valence electrons. The van der Waals surface area contributed by atoms with Crippen molar-refractivity contribution in [1.82, 2.24) is 19.9 Å². The fourth-order valence-electron chi connectivity index (χ4n) is 2.33. The van der Waals surface area contributed by atoms with Crippen molar-refractivity contribution < 1.29 is 14.3 Å². The summed E-state index contributed by atoms with van der Waals surface area (Å²) in [5.41, 5.74) is 0.649. The minimum atomic E-state index is -0.507. The van der Waals surface area contributed by atoms with Gasteiger partial charge in [-0.2, -0.15) is 0 Å². The average Bonchev–Trinajstić information content (AvgIpc) is 2.98. The first-order valence-electron chi connectivity index (χ1n) is 6.53. The molecule has 1 aromatic carbocycles. The van der Waals surface area contributed by atoms with Crippen LogP contribution in [0.5, 0.6) is 0 Å². The fourth-order valence-corrected chi connectivity index (χ4v) is 2.33. The molecule has 1 fully saturated rings. The Morgan fingerprint density at radius 2 is 1.95 bits per heavy atom. The molecule has 0 radical (unpaired) electrons. The number of carbonyl (C=O) groups is 2. The van der Waals surface area contributed by atoms with Gasteiger partial charge in [0.2, 0.25) is 0 Å². The number of hydrogen-bond acceptors (Lipinski definition) is 5. The number of likely N-dealkylation sites (tertiary alicyclic amines) is 1. The summed E-state index contributed by atoms with van der Waals surface area (Å²) in [6, 6.07) is 6.80. The van der Waals surface area contributed by atoms with E-state index in [1.165, 1.54) is 7.11 Å². The van der Waals surface area contributed by atoms with Crippen molar-refractivity contribution in [2.45, 2.75) is 6.04 Å². The van der Waals surface area contributed by atoms with Gasteiger partial charge in [0.25, 0.3) is 5.91 Å². The van der Waals surface area contributed by atoms with Crippen molar-refractivity contribution in [2.75, 3.05) is 20.2 Å². The van der Waals surface area contributed by atoms with Crippen LogP contribution in [-0.4, -0.2) is 52.0 Å². The molecule has 0 N–H and O–H groups in total. The predicted octanol–water partition coefficient (Wildman–Crippen LogP) is 0.762. The fraction of sp³-hybridized carbons (Fsp3) is 0.286. The Hall–Kier alpha value is -2.70. The van der Waals surface area contributed by atoms with Crippen LogP contribution in [-0.2, 0) is 4.74 Å². The highest BCUT2D eigenvalue weighted by atomic mass is 16.5. The maximum absolute atomic E-state index is 12.5. The lowest BCUT2D eigenvalue weighted by Gasteiger charge is -2.39. The average molecular weight is 286 g/mol. The Balaban J connectivity index is 1.74. The largest absolute Gasteiger partial charge is 0.465 e. The molecule has 7 nitrogen and oxygen atoms in total. The van der Waals surface area contributed by atoms with Gasteiger partial charge in [0.15, 0.2) is 0 Å². The number of rotatable bonds is 3. The second-order valence-corrected chi connectivity index (χ2v) is 4.78. The highest BCUT2D eigenvalue weighted by Crippen LogP contribution is 2.23. The van der Waals surface area contributed by atoms with Crippen molar-refractivity contribution in [3.8, 4) is 0 Å². The van der Waals surface area contributed by atoms with Gasteiger partial charge in [-0.05, 0) is 12.1 Å². The van der Waals surface area contributed by atoms with E-state index in [1.54, 1.807) is 46.2 Å². The van der Waals surface area contributed by atoms with Crippen LogP contribution in [0.4, 0.5) is 0 Å². The van der Waals surface area contributed by atoms with E-state index in [2.05, 4.69) is 10.3 Å². The van der Waals surface area contributed by atoms with Gasteiger partial charge < -0.3 is 9.64 Å². The summed E-state index contributed by atoms with van der Waals surface area (Å²) >= 11 is 0. The lowest BCUT2D eigenvalue weighted by molar-refractivity contribution is 0.0483. The van der Waals surface area contributed by atoms with E-state index in [9.17, 15) is 9.59 Å². The standard InChI is InChI=1S/C14H14N4O3/c1-21-14(20)12-5-3-2-4-11(12)13(19)17-8-10(9-17)18-7-6-15-16-18/h2-7,10H,8-9H2,1H3. The second-order valence-electron chi connectivity index (χ2n) is 4.78. The summed E-state index contributed by atoms with van der Waals surface area (Å²) in [7, 11) is 1.30. The van der Waals surface area contributed by atoms with Gasteiger partial charge in [-0.1, -0.05) is 17.3 Å². The van der Waals surface area contributed by atoms with Crippen LogP contribution in [0.25, 0.3) is 0 Å². The van der Waals surface area contributed by atoms with Crippen LogP contribution in [0.2, 0.25) is 0 Å². The molecule has 1 amide bonds. The summed E-state index contributed by atoms with van der Waals surface area (Å²) in [5, 5.41) is 7.67. The molecule has 3 rings (SSSR count). The molecular weight excluding hydrogens is 272 g/mol. The molecule has 0 saturated carbocycles.